The molecule has 1 aromatic rings. The number of amides is 1. The smallest absolute Gasteiger partial charge is 0.238 e. The zero-order valence-electron chi connectivity index (χ0n) is 7.60. The number of hydrogen-bond donors (Lipinski definition) is 2. The predicted octanol–water partition coefficient (Wildman–Crippen LogP) is 0.667. The van der Waals surface area contributed by atoms with Crippen LogP contribution in [-0.4, -0.2) is 19.7 Å². The highest BCUT2D eigenvalue weighted by Gasteiger charge is 2.07. The first-order valence-electron chi connectivity index (χ1n) is 3.92. The monoisotopic (exact) mass is 292 g/mol. The average molecular weight is 293 g/mol. The molecule has 5 nitrogen and oxygen atoms in total. The first-order chi connectivity index (χ1) is 6.93. The molecule has 1 amide bonds. The van der Waals surface area contributed by atoms with Gasteiger partial charge in [-0.1, -0.05) is 15.9 Å². The number of hydrogen-bond acceptors (Lipinski definition) is 3. The van der Waals surface area contributed by atoms with Crippen molar-refractivity contribution in [2.75, 3.05) is 10.6 Å². The Bertz CT molecular complexity index is 455. The van der Waals surface area contributed by atoms with Crippen molar-refractivity contribution in [3.05, 3.63) is 24.3 Å². The zero-order chi connectivity index (χ0) is 11.5. The summed E-state index contributed by atoms with van der Waals surface area (Å²) in [6.45, 7) is 0. The first kappa shape index (κ1) is 12.2. The Morgan fingerprint density at radius 1 is 1.33 bits per heavy atom. The number of carbonyl (C=O) groups is 1. The summed E-state index contributed by atoms with van der Waals surface area (Å²) >= 11 is 2.99. The van der Waals surface area contributed by atoms with Gasteiger partial charge in [0.15, 0.2) is 0 Å². The van der Waals surface area contributed by atoms with Crippen LogP contribution in [0.25, 0.3) is 0 Å². The molecule has 0 heterocycles. The third-order valence-corrected chi connectivity index (χ3v) is 3.03. The van der Waals surface area contributed by atoms with Crippen molar-refractivity contribution in [3.63, 3.8) is 0 Å². The van der Waals surface area contributed by atoms with Gasteiger partial charge >= 0.3 is 0 Å². The highest BCUT2D eigenvalue weighted by Crippen LogP contribution is 2.12. The first-order valence-corrected chi connectivity index (χ1v) is 6.59. The van der Waals surface area contributed by atoms with Crippen molar-refractivity contribution in [1.29, 1.82) is 0 Å². The highest BCUT2D eigenvalue weighted by atomic mass is 79.9. The molecule has 0 radical (unpaired) electrons. The Morgan fingerprint density at radius 3 is 2.27 bits per heavy atom. The maximum absolute atomic E-state index is 11.0. The number of sulfonamides is 1. The molecule has 3 N–H and O–H groups in total. The normalized spacial score (nSPS) is 11.1. The summed E-state index contributed by atoms with van der Waals surface area (Å²) in [4.78, 5) is 11.0. The van der Waals surface area contributed by atoms with Crippen LogP contribution in [0.3, 0.4) is 0 Å². The number of halogens is 1. The maximum Gasteiger partial charge on any atom is 0.238 e. The molecule has 0 aliphatic carbocycles. The molecule has 82 valence electrons. The molecular weight excluding hydrogens is 284 g/mol. The Labute approximate surface area is 95.8 Å². The summed E-state index contributed by atoms with van der Waals surface area (Å²) in [5, 5.41) is 7.64. The van der Waals surface area contributed by atoms with Gasteiger partial charge in [0.05, 0.1) is 10.2 Å². The second kappa shape index (κ2) is 4.73. The quantitative estimate of drug-likeness (QED) is 0.803. The van der Waals surface area contributed by atoms with Crippen LogP contribution in [0.4, 0.5) is 5.69 Å². The van der Waals surface area contributed by atoms with E-state index in [0.29, 0.717) is 5.69 Å². The lowest BCUT2D eigenvalue weighted by molar-refractivity contribution is -0.113. The van der Waals surface area contributed by atoms with Gasteiger partial charge in [-0.2, -0.15) is 0 Å². The summed E-state index contributed by atoms with van der Waals surface area (Å²) in [7, 11) is -3.68. The van der Waals surface area contributed by atoms with Gasteiger partial charge < -0.3 is 5.32 Å². The summed E-state index contributed by atoms with van der Waals surface area (Å²) in [5.41, 5.74) is 0.520. The van der Waals surface area contributed by atoms with Crippen molar-refractivity contribution in [2.24, 2.45) is 5.14 Å². The van der Waals surface area contributed by atoms with Crippen LogP contribution in [0.2, 0.25) is 0 Å². The van der Waals surface area contributed by atoms with Crippen LogP contribution in [-0.2, 0) is 14.8 Å². The van der Waals surface area contributed by atoms with Crippen molar-refractivity contribution in [2.45, 2.75) is 4.90 Å². The molecule has 1 rings (SSSR count). The van der Waals surface area contributed by atoms with Crippen molar-refractivity contribution in [1.82, 2.24) is 0 Å². The van der Waals surface area contributed by atoms with E-state index in [0.717, 1.165) is 0 Å². The van der Waals surface area contributed by atoms with E-state index in [9.17, 15) is 13.2 Å². The number of benzene rings is 1. The third kappa shape index (κ3) is 3.61. The number of anilines is 1. The van der Waals surface area contributed by atoms with E-state index in [1.807, 2.05) is 0 Å². The van der Waals surface area contributed by atoms with Gasteiger partial charge in [-0.05, 0) is 24.3 Å². The van der Waals surface area contributed by atoms with Gasteiger partial charge in [-0.15, -0.1) is 0 Å². The molecule has 0 aliphatic heterocycles. The van der Waals surface area contributed by atoms with Crippen molar-refractivity contribution >= 4 is 37.5 Å². The minimum Gasteiger partial charge on any atom is -0.325 e. The fourth-order valence-corrected chi connectivity index (χ4v) is 1.58. The number of rotatable bonds is 3. The lowest BCUT2D eigenvalue weighted by Crippen LogP contribution is -2.14. The average Bonchev–Trinajstić information content (AvgIpc) is 2.17. The SMILES string of the molecule is NS(=O)(=O)c1ccc(NC(=O)CBr)cc1. The van der Waals surface area contributed by atoms with Gasteiger partial charge in [-0.25, -0.2) is 13.6 Å². The number of nitrogens with two attached hydrogens (primary N) is 1. The van der Waals surface area contributed by atoms with Crippen LogP contribution in [0.15, 0.2) is 29.2 Å². The summed E-state index contributed by atoms with van der Waals surface area (Å²) < 4.78 is 21.8. The molecular formula is C8H9BrN2O3S. The molecule has 0 saturated heterocycles. The molecule has 0 saturated carbocycles. The van der Waals surface area contributed by atoms with Gasteiger partial charge in [0.2, 0.25) is 15.9 Å². The Kier molecular flexibility index (Phi) is 3.83. The molecule has 1 aromatic carbocycles. The van der Waals surface area contributed by atoms with E-state index in [2.05, 4.69) is 21.2 Å². The van der Waals surface area contributed by atoms with Gasteiger partial charge in [-0.3, -0.25) is 4.79 Å². The molecule has 0 bridgehead atoms. The molecule has 0 spiro atoms. The molecule has 15 heavy (non-hydrogen) atoms. The van der Waals surface area contributed by atoms with E-state index in [1.165, 1.54) is 24.3 Å². The molecule has 0 atom stereocenters. The molecule has 0 fully saturated rings. The summed E-state index contributed by atoms with van der Waals surface area (Å²) in [6, 6.07) is 5.61. The van der Waals surface area contributed by atoms with E-state index < -0.39 is 10.0 Å². The van der Waals surface area contributed by atoms with E-state index >= 15 is 0 Å². The van der Waals surface area contributed by atoms with E-state index in [-0.39, 0.29) is 16.1 Å². The number of alkyl halides is 1. The van der Waals surface area contributed by atoms with Gasteiger partial charge in [0.1, 0.15) is 0 Å². The highest BCUT2D eigenvalue weighted by molar-refractivity contribution is 9.09. The van der Waals surface area contributed by atoms with Crippen molar-refractivity contribution in [3.8, 4) is 0 Å². The van der Waals surface area contributed by atoms with Gasteiger partial charge in [0, 0.05) is 5.69 Å². The molecule has 7 heteroatoms. The van der Waals surface area contributed by atoms with Crippen LogP contribution < -0.4 is 10.5 Å². The number of nitrogens with one attached hydrogen (secondary N) is 1. The van der Waals surface area contributed by atoms with E-state index in [1.54, 1.807) is 0 Å². The van der Waals surface area contributed by atoms with Crippen LogP contribution >= 0.6 is 15.9 Å². The Balaban J connectivity index is 2.86. The number of primary sulfonamides is 1. The fraction of sp³-hybridized carbons (Fsp3) is 0.125. The lowest BCUT2D eigenvalue weighted by atomic mass is 10.3. The Hall–Kier alpha value is -0.920. The third-order valence-electron chi connectivity index (χ3n) is 1.59. The van der Waals surface area contributed by atoms with Crippen LogP contribution in [0, 0.1) is 0 Å². The largest absolute Gasteiger partial charge is 0.325 e. The fourth-order valence-electron chi connectivity index (χ4n) is 0.922. The number of carbonyl (C=O) groups excluding carboxylic acids is 1. The summed E-state index contributed by atoms with van der Waals surface area (Å²) in [5.74, 6) is -0.210. The van der Waals surface area contributed by atoms with Crippen molar-refractivity contribution < 1.29 is 13.2 Å². The van der Waals surface area contributed by atoms with E-state index in [4.69, 9.17) is 5.14 Å². The van der Waals surface area contributed by atoms with Crippen LogP contribution in [0.1, 0.15) is 0 Å². The zero-order valence-corrected chi connectivity index (χ0v) is 10.0. The van der Waals surface area contributed by atoms with Crippen LogP contribution in [0.5, 0.6) is 0 Å². The minimum atomic E-state index is -3.68. The minimum absolute atomic E-state index is 0.0133. The maximum atomic E-state index is 11.0. The summed E-state index contributed by atoms with van der Waals surface area (Å²) in [6.07, 6.45) is 0. The Morgan fingerprint density at radius 2 is 1.87 bits per heavy atom. The van der Waals surface area contributed by atoms with Gasteiger partial charge in [0.25, 0.3) is 0 Å². The predicted molar refractivity (Wildman–Crippen MR) is 60.2 cm³/mol. The standard InChI is InChI=1S/C8H9BrN2O3S/c9-5-8(12)11-6-1-3-7(4-2-6)15(10,13)14/h1-4H,5H2,(H,11,12)(H2,10,13,14). The molecule has 0 unspecified atom stereocenters. The topological polar surface area (TPSA) is 89.3 Å². The molecule has 0 aliphatic rings. The second-order valence-corrected chi connectivity index (χ2v) is 4.87. The second-order valence-electron chi connectivity index (χ2n) is 2.75. The molecule has 0 aromatic heterocycles. The lowest BCUT2D eigenvalue weighted by Gasteiger charge is -2.03.